The van der Waals surface area contributed by atoms with Crippen molar-refractivity contribution in [2.24, 2.45) is 0 Å². The molecule has 20 heavy (non-hydrogen) atoms. The Morgan fingerprint density at radius 3 is 2.60 bits per heavy atom. The van der Waals surface area contributed by atoms with Crippen LogP contribution in [0.2, 0.25) is 0 Å². The molecule has 0 bridgehead atoms. The molecule has 2 amide bonds. The molecule has 0 aliphatic heterocycles. The van der Waals surface area contributed by atoms with Crippen LogP contribution in [0.3, 0.4) is 0 Å². The number of benzene rings is 1. The summed E-state index contributed by atoms with van der Waals surface area (Å²) in [5.41, 5.74) is 1.15. The van der Waals surface area contributed by atoms with Crippen molar-refractivity contribution >= 4 is 17.4 Å². The van der Waals surface area contributed by atoms with Crippen LogP contribution in [0.25, 0.3) is 0 Å². The monoisotopic (exact) mass is 292 g/mol. The van der Waals surface area contributed by atoms with Gasteiger partial charge in [0.15, 0.2) is 0 Å². The fourth-order valence-electron chi connectivity index (χ4n) is 1.98. The zero-order valence-corrected chi connectivity index (χ0v) is 11.8. The highest BCUT2D eigenvalue weighted by atomic mass is 32.1. The first-order valence-corrected chi connectivity index (χ1v) is 7.35. The Bertz CT molecular complexity index is 516. The van der Waals surface area contributed by atoms with Gasteiger partial charge in [0.25, 0.3) is 0 Å². The average Bonchev–Trinajstić information content (AvgIpc) is 3.00. The second kappa shape index (κ2) is 7.65. The summed E-state index contributed by atoms with van der Waals surface area (Å²) in [5.74, 6) is 0.118. The van der Waals surface area contributed by atoms with E-state index in [9.17, 15) is 9.18 Å². The quantitative estimate of drug-likeness (QED) is 0.843. The molecule has 0 saturated carbocycles. The Balaban J connectivity index is 2.03. The Morgan fingerprint density at radius 1 is 1.15 bits per heavy atom. The van der Waals surface area contributed by atoms with Crippen molar-refractivity contribution in [1.82, 2.24) is 10.6 Å². The summed E-state index contributed by atoms with van der Waals surface area (Å²) in [6.07, 6.45) is 0. The summed E-state index contributed by atoms with van der Waals surface area (Å²) in [6, 6.07) is 13.8. The Kier molecular flexibility index (Phi) is 5.55. The Labute approximate surface area is 121 Å². The predicted molar refractivity (Wildman–Crippen MR) is 80.0 cm³/mol. The number of rotatable bonds is 6. The second-order valence-corrected chi connectivity index (χ2v) is 5.28. The first-order chi connectivity index (χ1) is 9.81. The zero-order valence-electron chi connectivity index (χ0n) is 11.0. The van der Waals surface area contributed by atoms with Crippen LogP contribution in [-0.2, 0) is 0 Å². The second-order valence-electron chi connectivity index (χ2n) is 4.30. The highest BCUT2D eigenvalue weighted by molar-refractivity contribution is 7.10. The molecule has 1 heterocycles. The van der Waals surface area contributed by atoms with Gasteiger partial charge in [0.05, 0.1) is 0 Å². The normalized spacial score (nSPS) is 11.8. The van der Waals surface area contributed by atoms with E-state index in [1.54, 1.807) is 11.3 Å². The third-order valence-corrected chi connectivity index (χ3v) is 3.92. The van der Waals surface area contributed by atoms with E-state index in [0.29, 0.717) is 6.54 Å². The number of carbonyl (C=O) groups is 1. The molecule has 5 heteroatoms. The number of amides is 2. The third kappa shape index (κ3) is 4.06. The van der Waals surface area contributed by atoms with Gasteiger partial charge in [-0.3, -0.25) is 0 Å². The summed E-state index contributed by atoms with van der Waals surface area (Å²) in [5, 5.41) is 7.28. The Morgan fingerprint density at radius 2 is 1.95 bits per heavy atom. The van der Waals surface area contributed by atoms with Crippen molar-refractivity contribution in [2.45, 2.75) is 5.92 Å². The summed E-state index contributed by atoms with van der Waals surface area (Å²) >= 11 is 1.66. The average molecular weight is 292 g/mol. The van der Waals surface area contributed by atoms with Gasteiger partial charge in [0.1, 0.15) is 6.67 Å². The van der Waals surface area contributed by atoms with Crippen molar-refractivity contribution in [2.75, 3.05) is 19.8 Å². The van der Waals surface area contributed by atoms with E-state index in [4.69, 9.17) is 0 Å². The highest BCUT2D eigenvalue weighted by Crippen LogP contribution is 2.27. The molecule has 2 rings (SSSR count). The minimum atomic E-state index is -0.555. The topological polar surface area (TPSA) is 41.1 Å². The molecule has 0 aliphatic rings. The molecule has 0 fully saturated rings. The third-order valence-electron chi connectivity index (χ3n) is 2.94. The van der Waals surface area contributed by atoms with Gasteiger partial charge in [-0.25, -0.2) is 9.18 Å². The number of nitrogens with one attached hydrogen (secondary N) is 2. The first kappa shape index (κ1) is 14.5. The van der Waals surface area contributed by atoms with E-state index in [1.165, 1.54) is 4.88 Å². The molecule has 3 nitrogen and oxygen atoms in total. The van der Waals surface area contributed by atoms with Crippen LogP contribution in [-0.4, -0.2) is 25.8 Å². The van der Waals surface area contributed by atoms with Gasteiger partial charge in [-0.2, -0.15) is 0 Å². The molecule has 2 N–H and O–H groups in total. The van der Waals surface area contributed by atoms with Crippen molar-refractivity contribution in [3.8, 4) is 0 Å². The maximum absolute atomic E-state index is 12.0. The first-order valence-electron chi connectivity index (χ1n) is 6.47. The lowest BCUT2D eigenvalue weighted by Gasteiger charge is -2.17. The maximum Gasteiger partial charge on any atom is 0.314 e. The van der Waals surface area contributed by atoms with Crippen LogP contribution in [0, 0.1) is 0 Å². The predicted octanol–water partition coefficient (Wildman–Crippen LogP) is 3.15. The molecule has 106 valence electrons. The van der Waals surface area contributed by atoms with Crippen molar-refractivity contribution in [3.05, 3.63) is 58.3 Å². The number of carbonyl (C=O) groups excluding carboxylic acids is 1. The van der Waals surface area contributed by atoms with Gasteiger partial charge >= 0.3 is 6.03 Å². The standard InChI is InChI=1S/C15H17FN2OS/c16-8-9-17-15(19)18-11-13(14-7-4-10-20-14)12-5-2-1-3-6-12/h1-7,10,13H,8-9,11H2,(H2,17,18,19). The van der Waals surface area contributed by atoms with Gasteiger partial charge in [-0.1, -0.05) is 36.4 Å². The largest absolute Gasteiger partial charge is 0.337 e. The summed E-state index contributed by atoms with van der Waals surface area (Å²) in [7, 11) is 0. The molecule has 0 radical (unpaired) electrons. The SMILES string of the molecule is O=C(NCCF)NCC(c1ccccc1)c1cccs1. The number of hydrogen-bond acceptors (Lipinski definition) is 2. The minimum Gasteiger partial charge on any atom is -0.337 e. The fraction of sp³-hybridized carbons (Fsp3) is 0.267. The van der Waals surface area contributed by atoms with E-state index >= 15 is 0 Å². The molecule has 2 aromatic rings. The van der Waals surface area contributed by atoms with Crippen LogP contribution >= 0.6 is 11.3 Å². The van der Waals surface area contributed by atoms with E-state index < -0.39 is 6.67 Å². The molecule has 1 aromatic heterocycles. The van der Waals surface area contributed by atoms with Crippen molar-refractivity contribution < 1.29 is 9.18 Å². The number of alkyl halides is 1. The fourth-order valence-corrected chi connectivity index (χ4v) is 2.83. The van der Waals surface area contributed by atoms with E-state index in [0.717, 1.165) is 5.56 Å². The summed E-state index contributed by atoms with van der Waals surface area (Å²) in [6.45, 7) is -0.0239. The number of urea groups is 1. The maximum atomic E-state index is 12.0. The molecule has 0 aliphatic carbocycles. The summed E-state index contributed by atoms with van der Waals surface area (Å²) < 4.78 is 12.0. The van der Waals surface area contributed by atoms with Crippen LogP contribution < -0.4 is 10.6 Å². The zero-order chi connectivity index (χ0) is 14.2. The Hall–Kier alpha value is -1.88. The van der Waals surface area contributed by atoms with Gasteiger partial charge in [-0.15, -0.1) is 11.3 Å². The molecule has 0 spiro atoms. The van der Waals surface area contributed by atoms with Crippen LogP contribution in [0.5, 0.6) is 0 Å². The van der Waals surface area contributed by atoms with Gasteiger partial charge in [0.2, 0.25) is 0 Å². The molecule has 1 unspecified atom stereocenters. The van der Waals surface area contributed by atoms with Crippen molar-refractivity contribution in [1.29, 1.82) is 0 Å². The number of hydrogen-bond donors (Lipinski definition) is 2. The molecule has 0 saturated heterocycles. The van der Waals surface area contributed by atoms with Crippen LogP contribution in [0.1, 0.15) is 16.4 Å². The molecule has 1 aromatic carbocycles. The van der Waals surface area contributed by atoms with E-state index in [2.05, 4.69) is 16.7 Å². The lowest BCUT2D eigenvalue weighted by Crippen LogP contribution is -2.38. The smallest absolute Gasteiger partial charge is 0.314 e. The summed E-state index contributed by atoms with van der Waals surface area (Å²) in [4.78, 5) is 12.7. The van der Waals surface area contributed by atoms with Gasteiger partial charge in [-0.05, 0) is 17.0 Å². The number of halogens is 1. The van der Waals surface area contributed by atoms with Crippen LogP contribution in [0.15, 0.2) is 47.8 Å². The van der Waals surface area contributed by atoms with Crippen LogP contribution in [0.4, 0.5) is 9.18 Å². The number of thiophene rings is 1. The van der Waals surface area contributed by atoms with E-state index in [1.807, 2.05) is 41.8 Å². The van der Waals surface area contributed by atoms with Crippen molar-refractivity contribution in [3.63, 3.8) is 0 Å². The highest BCUT2D eigenvalue weighted by Gasteiger charge is 2.15. The molecular weight excluding hydrogens is 275 g/mol. The lowest BCUT2D eigenvalue weighted by atomic mass is 9.97. The minimum absolute atomic E-state index is 0.0425. The lowest BCUT2D eigenvalue weighted by molar-refractivity contribution is 0.239. The van der Waals surface area contributed by atoms with Gasteiger partial charge in [0, 0.05) is 23.9 Å². The molecular formula is C15H17FN2OS. The van der Waals surface area contributed by atoms with E-state index in [-0.39, 0.29) is 18.5 Å². The molecule has 1 atom stereocenters. The van der Waals surface area contributed by atoms with Gasteiger partial charge < -0.3 is 10.6 Å².